The third kappa shape index (κ3) is 7.35. The number of benzene rings is 1. The zero-order valence-corrected chi connectivity index (χ0v) is 22.9. The number of carboxylic acid groups (broad SMARTS) is 1. The Balaban J connectivity index is 1.52. The fraction of sp³-hybridized carbons (Fsp3) is 0.483. The predicted octanol–water partition coefficient (Wildman–Crippen LogP) is 2.76. The summed E-state index contributed by atoms with van der Waals surface area (Å²) in [5, 5.41) is 12.0. The summed E-state index contributed by atoms with van der Waals surface area (Å²) in [5.41, 5.74) is 2.65. The average molecular weight is 553 g/mol. The monoisotopic (exact) mass is 552 g/mol. The smallest absolute Gasteiger partial charge is 0.409 e. The van der Waals surface area contributed by atoms with Crippen molar-refractivity contribution < 1.29 is 33.8 Å². The van der Waals surface area contributed by atoms with Gasteiger partial charge in [-0.15, -0.1) is 0 Å². The zero-order chi connectivity index (χ0) is 28.6. The second-order valence-corrected chi connectivity index (χ2v) is 10.1. The molecule has 0 bridgehead atoms. The molecule has 1 saturated carbocycles. The summed E-state index contributed by atoms with van der Waals surface area (Å²) in [5.74, 6) is -1.39. The van der Waals surface area contributed by atoms with Crippen molar-refractivity contribution in [3.05, 3.63) is 53.7 Å². The molecule has 0 spiro atoms. The normalized spacial score (nSPS) is 19.1. The molecule has 3 atom stereocenters. The fourth-order valence-electron chi connectivity index (χ4n) is 4.99. The molecular weight excluding hydrogens is 516 g/mol. The second kappa shape index (κ2) is 13.4. The van der Waals surface area contributed by atoms with Crippen molar-refractivity contribution in [2.75, 3.05) is 46.5 Å². The van der Waals surface area contributed by atoms with Gasteiger partial charge in [0.25, 0.3) is 5.91 Å². The molecule has 2 heterocycles. The minimum Gasteiger partial charge on any atom is -0.481 e. The number of aliphatic carboxylic acids is 1. The van der Waals surface area contributed by atoms with Crippen molar-refractivity contribution in [3.8, 4) is 11.3 Å². The Morgan fingerprint density at radius 2 is 1.77 bits per heavy atom. The van der Waals surface area contributed by atoms with E-state index in [0.29, 0.717) is 18.2 Å². The van der Waals surface area contributed by atoms with Gasteiger partial charge >= 0.3 is 12.1 Å². The van der Waals surface area contributed by atoms with Crippen LogP contribution < -0.4 is 5.32 Å². The van der Waals surface area contributed by atoms with Gasteiger partial charge in [-0.25, -0.2) is 9.78 Å². The molecule has 11 nitrogen and oxygen atoms in total. The highest BCUT2D eigenvalue weighted by molar-refractivity contribution is 5.97. The molecule has 1 saturated heterocycles. The van der Waals surface area contributed by atoms with Crippen molar-refractivity contribution >= 4 is 23.9 Å². The number of ether oxygens (including phenoxy) is 2. The van der Waals surface area contributed by atoms with Gasteiger partial charge in [0.1, 0.15) is 11.7 Å². The van der Waals surface area contributed by atoms with Crippen LogP contribution in [0.5, 0.6) is 0 Å². The summed E-state index contributed by atoms with van der Waals surface area (Å²) in [4.78, 5) is 57.9. The highest BCUT2D eigenvalue weighted by atomic mass is 16.6. The van der Waals surface area contributed by atoms with Gasteiger partial charge in [-0.1, -0.05) is 30.3 Å². The highest BCUT2D eigenvalue weighted by Gasteiger charge is 2.39. The first-order valence-corrected chi connectivity index (χ1v) is 13.6. The van der Waals surface area contributed by atoms with Crippen LogP contribution in [0.1, 0.15) is 48.2 Å². The quantitative estimate of drug-likeness (QED) is 0.434. The van der Waals surface area contributed by atoms with Gasteiger partial charge in [0.2, 0.25) is 5.91 Å². The largest absolute Gasteiger partial charge is 0.481 e. The minimum absolute atomic E-state index is 0.0677. The molecule has 1 aliphatic carbocycles. The third-order valence-corrected chi connectivity index (χ3v) is 7.25. The molecule has 3 unspecified atom stereocenters. The summed E-state index contributed by atoms with van der Waals surface area (Å²) < 4.78 is 10.3. The van der Waals surface area contributed by atoms with Gasteiger partial charge in [0.15, 0.2) is 0 Å². The lowest BCUT2D eigenvalue weighted by molar-refractivity contribution is -0.138. The number of methoxy groups -OCH3 is 1. The lowest BCUT2D eigenvalue weighted by Gasteiger charge is -2.35. The van der Waals surface area contributed by atoms with Crippen molar-refractivity contribution in [2.24, 2.45) is 5.92 Å². The van der Waals surface area contributed by atoms with Crippen LogP contribution in [0.3, 0.4) is 0 Å². The molecule has 214 valence electrons. The summed E-state index contributed by atoms with van der Waals surface area (Å²) in [6.45, 7) is 3.71. The number of rotatable bonds is 11. The Hall–Kier alpha value is -3.99. The van der Waals surface area contributed by atoms with Crippen LogP contribution in [0.4, 0.5) is 4.79 Å². The van der Waals surface area contributed by atoms with Crippen LogP contribution >= 0.6 is 0 Å². The average Bonchev–Trinajstić information content (AvgIpc) is 3.74. The maximum absolute atomic E-state index is 13.5. The first kappa shape index (κ1) is 29.0. The molecule has 11 heteroatoms. The number of carbonyl (C=O) groups is 4. The number of aromatic nitrogens is 1. The lowest BCUT2D eigenvalue weighted by Crippen LogP contribution is -2.56. The van der Waals surface area contributed by atoms with E-state index in [0.717, 1.165) is 17.5 Å². The van der Waals surface area contributed by atoms with E-state index in [2.05, 4.69) is 10.3 Å². The van der Waals surface area contributed by atoms with Crippen molar-refractivity contribution in [3.63, 3.8) is 0 Å². The molecule has 2 N–H and O–H groups in total. The molecule has 1 aromatic carbocycles. The number of hydrogen-bond acceptors (Lipinski definition) is 7. The number of nitrogens with one attached hydrogen (secondary N) is 1. The van der Waals surface area contributed by atoms with E-state index in [1.165, 1.54) is 4.90 Å². The Kier molecular flexibility index (Phi) is 9.70. The molecule has 4 rings (SSSR count). The number of piperazine rings is 1. The molecule has 2 aliphatic rings. The number of hydrogen-bond donors (Lipinski definition) is 2. The van der Waals surface area contributed by atoms with E-state index in [1.54, 1.807) is 25.0 Å². The summed E-state index contributed by atoms with van der Waals surface area (Å²) in [6.07, 6.45) is 0.156. The first-order valence-electron chi connectivity index (χ1n) is 13.6. The topological polar surface area (TPSA) is 138 Å². The Labute approximate surface area is 233 Å². The maximum Gasteiger partial charge on any atom is 0.409 e. The molecule has 2 aromatic rings. The highest BCUT2D eigenvalue weighted by Crippen LogP contribution is 2.48. The van der Waals surface area contributed by atoms with Gasteiger partial charge in [0, 0.05) is 51.9 Å². The number of nitrogens with zero attached hydrogens (tertiary/aromatic N) is 3. The Morgan fingerprint density at radius 3 is 2.42 bits per heavy atom. The standard InChI is InChI=1S/C29H36N4O7/c1-3-40-29(38)33-13-11-32(12-14-33)28(37)23(9-10-26(34)35)31-27(36)25-17-20(22-15-21(22)18-39-2)16-24(30-25)19-7-5-4-6-8-19/h4-8,16-17,21-23H,3,9-15,18H2,1-2H3,(H,31,36)(H,34,35). The van der Waals surface area contributed by atoms with Crippen molar-refractivity contribution in [1.29, 1.82) is 0 Å². The SMILES string of the molecule is CCOC(=O)N1CCN(C(=O)C(CCC(=O)O)NC(=O)c2cc(C3CC3COC)cc(-c3ccccc3)n2)CC1. The van der Waals surface area contributed by atoms with Gasteiger partial charge in [-0.05, 0) is 49.3 Å². The predicted molar refractivity (Wildman–Crippen MR) is 146 cm³/mol. The van der Waals surface area contributed by atoms with Crippen LogP contribution in [0.2, 0.25) is 0 Å². The van der Waals surface area contributed by atoms with E-state index in [-0.39, 0.29) is 63.1 Å². The molecule has 2 fully saturated rings. The van der Waals surface area contributed by atoms with Crippen LogP contribution in [0.15, 0.2) is 42.5 Å². The number of amides is 3. The van der Waals surface area contributed by atoms with E-state index < -0.39 is 24.0 Å². The number of carboxylic acids is 1. The Morgan fingerprint density at radius 1 is 1.07 bits per heavy atom. The summed E-state index contributed by atoms with van der Waals surface area (Å²) in [6, 6.07) is 12.2. The van der Waals surface area contributed by atoms with Crippen molar-refractivity contribution in [1.82, 2.24) is 20.1 Å². The molecule has 1 aromatic heterocycles. The number of carbonyl (C=O) groups excluding carboxylic acids is 3. The van der Waals surface area contributed by atoms with Crippen LogP contribution in [0, 0.1) is 5.92 Å². The Bertz CT molecular complexity index is 1210. The van der Waals surface area contributed by atoms with Crippen molar-refractivity contribution in [2.45, 2.75) is 38.1 Å². The van der Waals surface area contributed by atoms with E-state index >= 15 is 0 Å². The zero-order valence-electron chi connectivity index (χ0n) is 22.9. The van der Waals surface area contributed by atoms with Gasteiger partial charge < -0.3 is 29.7 Å². The van der Waals surface area contributed by atoms with E-state index in [9.17, 15) is 24.3 Å². The lowest BCUT2D eigenvalue weighted by atomic mass is 10.0. The van der Waals surface area contributed by atoms with Gasteiger partial charge in [-0.2, -0.15) is 0 Å². The van der Waals surface area contributed by atoms with Crippen LogP contribution in [-0.2, 0) is 19.1 Å². The third-order valence-electron chi connectivity index (χ3n) is 7.25. The number of pyridine rings is 1. The molecule has 40 heavy (non-hydrogen) atoms. The molecule has 3 amide bonds. The van der Waals surface area contributed by atoms with E-state index in [4.69, 9.17) is 9.47 Å². The molecule has 1 aliphatic heterocycles. The fourth-order valence-corrected chi connectivity index (χ4v) is 4.99. The van der Waals surface area contributed by atoms with Crippen LogP contribution in [0.25, 0.3) is 11.3 Å². The van der Waals surface area contributed by atoms with Gasteiger partial charge in [-0.3, -0.25) is 14.4 Å². The molecular formula is C29H36N4O7. The van der Waals surface area contributed by atoms with E-state index in [1.807, 2.05) is 36.4 Å². The summed E-state index contributed by atoms with van der Waals surface area (Å²) in [7, 11) is 1.67. The first-order chi connectivity index (χ1) is 19.3. The maximum atomic E-state index is 13.5. The van der Waals surface area contributed by atoms with Gasteiger partial charge in [0.05, 0.1) is 12.3 Å². The molecule has 0 radical (unpaired) electrons. The van der Waals surface area contributed by atoms with Crippen LogP contribution in [-0.4, -0.2) is 96.3 Å². The minimum atomic E-state index is -1.07. The second-order valence-electron chi connectivity index (χ2n) is 10.1. The summed E-state index contributed by atoms with van der Waals surface area (Å²) >= 11 is 0.